The van der Waals surface area contributed by atoms with Gasteiger partial charge >= 0.3 is 5.97 Å². The van der Waals surface area contributed by atoms with Gasteiger partial charge in [-0.15, -0.1) is 11.3 Å². The zero-order valence-corrected chi connectivity index (χ0v) is 12.6. The van der Waals surface area contributed by atoms with Crippen LogP contribution in [0.4, 0.5) is 5.69 Å². The Labute approximate surface area is 131 Å². The summed E-state index contributed by atoms with van der Waals surface area (Å²) < 4.78 is 0. The number of hydrogen-bond donors (Lipinski definition) is 2. The number of aromatic carboxylic acids is 1. The van der Waals surface area contributed by atoms with Gasteiger partial charge in [0.05, 0.1) is 21.8 Å². The van der Waals surface area contributed by atoms with Crippen LogP contribution in [-0.2, 0) is 9.63 Å². The molecule has 7 heteroatoms. The van der Waals surface area contributed by atoms with E-state index >= 15 is 0 Å². The number of carbonyl (C=O) groups is 2. The highest BCUT2D eigenvalue weighted by Crippen LogP contribution is 2.14. The van der Waals surface area contributed by atoms with Gasteiger partial charge < -0.3 is 15.3 Å². The van der Waals surface area contributed by atoms with Crippen LogP contribution in [0.2, 0.25) is 0 Å². The van der Waals surface area contributed by atoms with Gasteiger partial charge in [0.2, 0.25) is 0 Å². The lowest BCUT2D eigenvalue weighted by Gasteiger charge is -2.07. The molecule has 2 N–H and O–H groups in total. The molecule has 0 aliphatic rings. The Kier molecular flexibility index (Phi) is 5.26. The number of carboxylic acid groups (broad SMARTS) is 1. The van der Waals surface area contributed by atoms with Crippen molar-refractivity contribution < 1.29 is 19.5 Å². The molecular weight excluding hydrogens is 304 g/mol. The summed E-state index contributed by atoms with van der Waals surface area (Å²) >= 11 is 1.52. The lowest BCUT2D eigenvalue weighted by Crippen LogP contribution is -2.19. The molecule has 114 valence electrons. The largest absolute Gasteiger partial charge is 0.478 e. The van der Waals surface area contributed by atoms with Crippen LogP contribution in [-0.4, -0.2) is 29.3 Å². The minimum absolute atomic E-state index is 0.0223. The van der Waals surface area contributed by atoms with Crippen molar-refractivity contribution in [1.82, 2.24) is 0 Å². The highest BCUT2D eigenvalue weighted by Gasteiger charge is 2.11. The highest BCUT2D eigenvalue weighted by molar-refractivity contribution is 7.12. The van der Waals surface area contributed by atoms with E-state index in [0.29, 0.717) is 5.71 Å². The van der Waals surface area contributed by atoms with E-state index in [1.54, 1.807) is 19.1 Å². The maximum atomic E-state index is 11.8. The molecule has 0 aliphatic heterocycles. The summed E-state index contributed by atoms with van der Waals surface area (Å²) in [5, 5.41) is 17.3. The van der Waals surface area contributed by atoms with Crippen LogP contribution in [0.5, 0.6) is 0 Å². The standard InChI is InChI=1S/C15H14N2O4S/c1-10(13-7-4-8-22-13)17-21-9-14(18)16-12-6-3-2-5-11(12)15(19)20/h2-8H,9H2,1H3,(H,16,18)(H,19,20)/b17-10-. The van der Waals surface area contributed by atoms with Crippen LogP contribution < -0.4 is 5.32 Å². The molecule has 0 unspecified atom stereocenters. The third-order valence-electron chi connectivity index (χ3n) is 2.71. The molecule has 0 bridgehead atoms. The summed E-state index contributed by atoms with van der Waals surface area (Å²) in [7, 11) is 0. The number of benzene rings is 1. The third-order valence-corrected chi connectivity index (χ3v) is 3.69. The quantitative estimate of drug-likeness (QED) is 0.633. The van der Waals surface area contributed by atoms with Crippen molar-refractivity contribution in [2.75, 3.05) is 11.9 Å². The van der Waals surface area contributed by atoms with Gasteiger partial charge in [0, 0.05) is 0 Å². The number of nitrogens with one attached hydrogen (secondary N) is 1. The van der Waals surface area contributed by atoms with Crippen molar-refractivity contribution in [3.05, 3.63) is 52.2 Å². The molecule has 6 nitrogen and oxygen atoms in total. The number of carbonyl (C=O) groups excluding carboxylic acids is 1. The minimum atomic E-state index is -1.11. The summed E-state index contributed by atoms with van der Waals surface area (Å²) in [5.74, 6) is -1.58. The number of thiophene rings is 1. The lowest BCUT2D eigenvalue weighted by molar-refractivity contribution is -0.120. The molecule has 0 saturated heterocycles. The summed E-state index contributed by atoms with van der Waals surface area (Å²) in [4.78, 5) is 28.7. The first-order valence-electron chi connectivity index (χ1n) is 6.40. The van der Waals surface area contributed by atoms with E-state index in [1.165, 1.54) is 23.5 Å². The fourth-order valence-electron chi connectivity index (χ4n) is 1.68. The number of amides is 1. The molecular formula is C15H14N2O4S. The molecule has 0 aliphatic carbocycles. The SMILES string of the molecule is C/C(=N/OCC(=O)Nc1ccccc1C(=O)O)c1cccs1. The van der Waals surface area contributed by atoms with E-state index in [9.17, 15) is 9.59 Å². The van der Waals surface area contributed by atoms with Crippen LogP contribution in [0.3, 0.4) is 0 Å². The average molecular weight is 318 g/mol. The lowest BCUT2D eigenvalue weighted by atomic mass is 10.2. The topological polar surface area (TPSA) is 88.0 Å². The van der Waals surface area contributed by atoms with E-state index in [-0.39, 0.29) is 17.9 Å². The van der Waals surface area contributed by atoms with Gasteiger partial charge in [-0.3, -0.25) is 4.79 Å². The number of carboxylic acids is 1. The molecule has 1 heterocycles. The van der Waals surface area contributed by atoms with E-state index in [0.717, 1.165) is 4.88 Å². The first-order valence-corrected chi connectivity index (χ1v) is 7.28. The van der Waals surface area contributed by atoms with E-state index in [1.807, 2.05) is 17.5 Å². The van der Waals surface area contributed by atoms with Gasteiger partial charge in [0.15, 0.2) is 6.61 Å². The number of rotatable bonds is 6. The Morgan fingerprint density at radius 2 is 2.05 bits per heavy atom. The first-order chi connectivity index (χ1) is 10.6. The molecule has 1 aromatic heterocycles. The normalized spacial score (nSPS) is 11.0. The van der Waals surface area contributed by atoms with Crippen molar-refractivity contribution >= 4 is 34.6 Å². The minimum Gasteiger partial charge on any atom is -0.478 e. The molecule has 0 fully saturated rings. The zero-order valence-electron chi connectivity index (χ0n) is 11.8. The second kappa shape index (κ2) is 7.37. The fourth-order valence-corrected chi connectivity index (χ4v) is 2.35. The van der Waals surface area contributed by atoms with Gasteiger partial charge in [-0.2, -0.15) is 0 Å². The Morgan fingerprint density at radius 3 is 2.73 bits per heavy atom. The molecule has 2 aromatic rings. The molecule has 0 radical (unpaired) electrons. The fraction of sp³-hybridized carbons (Fsp3) is 0.133. The van der Waals surface area contributed by atoms with E-state index < -0.39 is 11.9 Å². The second-order valence-corrected chi connectivity index (χ2v) is 5.27. The summed E-state index contributed by atoms with van der Waals surface area (Å²) in [6.07, 6.45) is 0. The molecule has 0 saturated carbocycles. The Balaban J connectivity index is 1.91. The van der Waals surface area contributed by atoms with Gasteiger partial charge in [0.1, 0.15) is 0 Å². The Hall–Kier alpha value is -2.67. The molecule has 1 amide bonds. The summed E-state index contributed by atoms with van der Waals surface area (Å²) in [6.45, 7) is 1.49. The zero-order chi connectivity index (χ0) is 15.9. The number of para-hydroxylation sites is 1. The van der Waals surface area contributed by atoms with Crippen LogP contribution in [0.15, 0.2) is 46.9 Å². The van der Waals surface area contributed by atoms with Gasteiger partial charge in [0.25, 0.3) is 5.91 Å². The van der Waals surface area contributed by atoms with Crippen molar-refractivity contribution in [2.24, 2.45) is 5.16 Å². The number of hydrogen-bond acceptors (Lipinski definition) is 5. The highest BCUT2D eigenvalue weighted by atomic mass is 32.1. The van der Waals surface area contributed by atoms with E-state index in [2.05, 4.69) is 10.5 Å². The van der Waals surface area contributed by atoms with Gasteiger partial charge in [-0.1, -0.05) is 23.4 Å². The maximum Gasteiger partial charge on any atom is 0.337 e. The molecule has 22 heavy (non-hydrogen) atoms. The van der Waals surface area contributed by atoms with Crippen molar-refractivity contribution in [3.8, 4) is 0 Å². The van der Waals surface area contributed by atoms with Crippen LogP contribution >= 0.6 is 11.3 Å². The number of nitrogens with zero attached hydrogens (tertiary/aromatic N) is 1. The number of oxime groups is 1. The molecule has 0 spiro atoms. The predicted molar refractivity (Wildman–Crippen MR) is 84.5 cm³/mol. The molecule has 1 aromatic carbocycles. The molecule has 2 rings (SSSR count). The monoisotopic (exact) mass is 318 g/mol. The van der Waals surface area contributed by atoms with E-state index in [4.69, 9.17) is 9.94 Å². The Bertz CT molecular complexity index is 695. The summed E-state index contributed by atoms with van der Waals surface area (Å²) in [6, 6.07) is 9.95. The van der Waals surface area contributed by atoms with Crippen molar-refractivity contribution in [1.29, 1.82) is 0 Å². The molecule has 0 atom stereocenters. The van der Waals surface area contributed by atoms with Crippen molar-refractivity contribution in [3.63, 3.8) is 0 Å². The van der Waals surface area contributed by atoms with Crippen molar-refractivity contribution in [2.45, 2.75) is 6.92 Å². The van der Waals surface area contributed by atoms with Gasteiger partial charge in [-0.25, -0.2) is 4.79 Å². The average Bonchev–Trinajstić information content (AvgIpc) is 3.01. The second-order valence-electron chi connectivity index (χ2n) is 4.33. The van der Waals surface area contributed by atoms with Crippen LogP contribution in [0.1, 0.15) is 22.2 Å². The Morgan fingerprint density at radius 1 is 1.27 bits per heavy atom. The van der Waals surface area contributed by atoms with Crippen LogP contribution in [0.25, 0.3) is 0 Å². The van der Waals surface area contributed by atoms with Crippen LogP contribution in [0, 0.1) is 0 Å². The van der Waals surface area contributed by atoms with Gasteiger partial charge in [-0.05, 0) is 30.5 Å². The third kappa shape index (κ3) is 4.16. The smallest absolute Gasteiger partial charge is 0.337 e. The first kappa shape index (κ1) is 15.7. The predicted octanol–water partition coefficient (Wildman–Crippen LogP) is 2.83. The summed E-state index contributed by atoms with van der Waals surface area (Å²) in [5.41, 5.74) is 0.922. The maximum absolute atomic E-state index is 11.8. The number of anilines is 1.